The molecule has 1 aromatic carbocycles. The summed E-state index contributed by atoms with van der Waals surface area (Å²) in [4.78, 5) is 7.10. The van der Waals surface area contributed by atoms with Crippen molar-refractivity contribution in [2.75, 3.05) is 21.3 Å². The summed E-state index contributed by atoms with van der Waals surface area (Å²) in [5, 5.41) is 0. The highest BCUT2D eigenvalue weighted by Crippen LogP contribution is 2.32. The lowest BCUT2D eigenvalue weighted by molar-refractivity contribution is 0.384. The molecule has 0 bridgehead atoms. The van der Waals surface area contributed by atoms with E-state index in [0.717, 1.165) is 22.8 Å². The summed E-state index contributed by atoms with van der Waals surface area (Å²) in [5.74, 6) is 1.47. The van der Waals surface area contributed by atoms with Crippen molar-refractivity contribution in [2.24, 2.45) is 0 Å². The van der Waals surface area contributed by atoms with Crippen molar-refractivity contribution >= 4 is 0 Å². The van der Waals surface area contributed by atoms with Crippen molar-refractivity contribution in [3.05, 3.63) is 24.4 Å². The van der Waals surface area contributed by atoms with Crippen LogP contribution in [0.3, 0.4) is 0 Å². The molecule has 0 fully saturated rings. The molecule has 2 rings (SSSR count). The standard InChI is InChI=1S/C12H14N2O3/c1-15-8-4-5-9(11(6-8)16-2)10-7-13-12(14-10)17-3/h4-7H,1-3H3,(H,13,14). The van der Waals surface area contributed by atoms with Crippen LogP contribution in [-0.4, -0.2) is 31.3 Å². The Hall–Kier alpha value is -2.17. The van der Waals surface area contributed by atoms with E-state index < -0.39 is 0 Å². The van der Waals surface area contributed by atoms with Crippen molar-refractivity contribution in [2.45, 2.75) is 0 Å². The van der Waals surface area contributed by atoms with Gasteiger partial charge in [0, 0.05) is 11.6 Å². The number of benzene rings is 1. The lowest BCUT2D eigenvalue weighted by Crippen LogP contribution is -1.90. The second-order valence-electron chi connectivity index (χ2n) is 3.37. The summed E-state index contributed by atoms with van der Waals surface area (Å²) >= 11 is 0. The van der Waals surface area contributed by atoms with Crippen molar-refractivity contribution in [1.29, 1.82) is 0 Å². The van der Waals surface area contributed by atoms with Gasteiger partial charge in [0.25, 0.3) is 6.01 Å². The zero-order valence-electron chi connectivity index (χ0n) is 9.98. The van der Waals surface area contributed by atoms with E-state index in [1.165, 1.54) is 0 Å². The molecule has 0 spiro atoms. The maximum atomic E-state index is 5.32. The molecule has 5 nitrogen and oxygen atoms in total. The lowest BCUT2D eigenvalue weighted by atomic mass is 10.1. The van der Waals surface area contributed by atoms with Crippen LogP contribution in [-0.2, 0) is 0 Å². The fourth-order valence-corrected chi connectivity index (χ4v) is 1.56. The van der Waals surface area contributed by atoms with Gasteiger partial charge >= 0.3 is 0 Å². The number of ether oxygens (including phenoxy) is 3. The Balaban J connectivity index is 2.43. The van der Waals surface area contributed by atoms with Crippen molar-refractivity contribution in [3.8, 4) is 28.8 Å². The number of nitrogens with zero attached hydrogens (tertiary/aromatic N) is 1. The summed E-state index contributed by atoms with van der Waals surface area (Å²) in [6, 6.07) is 6.07. The summed E-state index contributed by atoms with van der Waals surface area (Å²) < 4.78 is 15.5. The zero-order valence-corrected chi connectivity index (χ0v) is 9.98. The number of rotatable bonds is 4. The molecule has 5 heteroatoms. The molecule has 0 radical (unpaired) electrons. The monoisotopic (exact) mass is 234 g/mol. The van der Waals surface area contributed by atoms with Gasteiger partial charge in [0.1, 0.15) is 11.5 Å². The maximum Gasteiger partial charge on any atom is 0.293 e. The molecular weight excluding hydrogens is 220 g/mol. The molecule has 90 valence electrons. The molecule has 0 saturated carbocycles. The number of aromatic nitrogens is 2. The van der Waals surface area contributed by atoms with Crippen LogP contribution in [0.1, 0.15) is 0 Å². The van der Waals surface area contributed by atoms with Gasteiger partial charge in [-0.15, -0.1) is 0 Å². The van der Waals surface area contributed by atoms with Crippen LogP contribution in [0.15, 0.2) is 24.4 Å². The number of hydrogen-bond acceptors (Lipinski definition) is 4. The van der Waals surface area contributed by atoms with Crippen molar-refractivity contribution < 1.29 is 14.2 Å². The highest BCUT2D eigenvalue weighted by atomic mass is 16.5. The minimum atomic E-state index is 0.470. The van der Waals surface area contributed by atoms with E-state index >= 15 is 0 Å². The normalized spacial score (nSPS) is 10.1. The number of nitrogens with one attached hydrogen (secondary N) is 1. The Morgan fingerprint density at radius 1 is 1.06 bits per heavy atom. The van der Waals surface area contributed by atoms with Gasteiger partial charge in [0.15, 0.2) is 0 Å². The first-order valence-electron chi connectivity index (χ1n) is 5.10. The van der Waals surface area contributed by atoms with Crippen LogP contribution in [0.5, 0.6) is 17.5 Å². The molecule has 0 atom stereocenters. The van der Waals surface area contributed by atoms with Crippen LogP contribution < -0.4 is 14.2 Å². The first kappa shape index (κ1) is 11.3. The SMILES string of the molecule is COc1ccc(-c2cnc(OC)[nH]2)c(OC)c1. The summed E-state index contributed by atoms with van der Waals surface area (Å²) in [6.45, 7) is 0. The Morgan fingerprint density at radius 2 is 1.88 bits per heavy atom. The molecular formula is C12H14N2O3. The minimum absolute atomic E-state index is 0.470. The Bertz CT molecular complexity index is 508. The topological polar surface area (TPSA) is 56.4 Å². The molecule has 0 amide bonds. The van der Waals surface area contributed by atoms with Crippen LogP contribution in [0.25, 0.3) is 11.3 Å². The van der Waals surface area contributed by atoms with E-state index in [-0.39, 0.29) is 0 Å². The molecule has 17 heavy (non-hydrogen) atoms. The highest BCUT2D eigenvalue weighted by molar-refractivity contribution is 5.68. The van der Waals surface area contributed by atoms with E-state index in [2.05, 4.69) is 9.97 Å². The average Bonchev–Trinajstić information content (AvgIpc) is 2.86. The predicted octanol–water partition coefficient (Wildman–Crippen LogP) is 2.10. The number of methoxy groups -OCH3 is 3. The number of H-pyrrole nitrogens is 1. The van der Waals surface area contributed by atoms with Crippen LogP contribution >= 0.6 is 0 Å². The first-order chi connectivity index (χ1) is 8.28. The smallest absolute Gasteiger partial charge is 0.293 e. The zero-order chi connectivity index (χ0) is 12.3. The van der Waals surface area contributed by atoms with E-state index in [1.54, 1.807) is 27.5 Å². The fourth-order valence-electron chi connectivity index (χ4n) is 1.56. The average molecular weight is 234 g/mol. The van der Waals surface area contributed by atoms with Crippen molar-refractivity contribution in [3.63, 3.8) is 0 Å². The second-order valence-corrected chi connectivity index (χ2v) is 3.37. The van der Waals surface area contributed by atoms with Gasteiger partial charge in [-0.05, 0) is 12.1 Å². The second kappa shape index (κ2) is 4.78. The molecule has 0 aliphatic heterocycles. The van der Waals surface area contributed by atoms with E-state index in [9.17, 15) is 0 Å². The molecule has 1 aromatic heterocycles. The number of aromatic amines is 1. The van der Waals surface area contributed by atoms with Gasteiger partial charge in [-0.25, -0.2) is 4.98 Å². The van der Waals surface area contributed by atoms with Crippen LogP contribution in [0.2, 0.25) is 0 Å². The summed E-state index contributed by atoms with van der Waals surface area (Å²) in [6.07, 6.45) is 1.70. The third-order valence-electron chi connectivity index (χ3n) is 2.44. The van der Waals surface area contributed by atoms with Crippen molar-refractivity contribution in [1.82, 2.24) is 9.97 Å². The third kappa shape index (κ3) is 2.18. The predicted molar refractivity (Wildman–Crippen MR) is 63.7 cm³/mol. The van der Waals surface area contributed by atoms with Gasteiger partial charge < -0.3 is 19.2 Å². The Morgan fingerprint density at radius 3 is 2.47 bits per heavy atom. The molecule has 0 aliphatic rings. The summed E-state index contributed by atoms with van der Waals surface area (Å²) in [5.41, 5.74) is 1.74. The molecule has 0 unspecified atom stereocenters. The number of imidazole rings is 1. The molecule has 2 aromatic rings. The van der Waals surface area contributed by atoms with E-state index in [4.69, 9.17) is 14.2 Å². The molecule has 0 aliphatic carbocycles. The Labute approximate surface area is 99.4 Å². The first-order valence-corrected chi connectivity index (χ1v) is 5.10. The lowest BCUT2D eigenvalue weighted by Gasteiger charge is -2.08. The fraction of sp³-hybridized carbons (Fsp3) is 0.250. The van der Waals surface area contributed by atoms with Gasteiger partial charge in [-0.3, -0.25) is 0 Å². The van der Waals surface area contributed by atoms with Gasteiger partial charge in [-0.1, -0.05) is 0 Å². The van der Waals surface area contributed by atoms with Crippen LogP contribution in [0, 0.1) is 0 Å². The third-order valence-corrected chi connectivity index (χ3v) is 2.44. The van der Waals surface area contributed by atoms with Gasteiger partial charge in [0.2, 0.25) is 0 Å². The summed E-state index contributed by atoms with van der Waals surface area (Å²) in [7, 11) is 4.80. The largest absolute Gasteiger partial charge is 0.497 e. The molecule has 1 N–H and O–H groups in total. The highest BCUT2D eigenvalue weighted by Gasteiger charge is 2.10. The van der Waals surface area contributed by atoms with Gasteiger partial charge in [0.05, 0.1) is 33.2 Å². The maximum absolute atomic E-state index is 5.32. The Kier molecular flexibility index (Phi) is 3.18. The number of hydrogen-bond donors (Lipinski definition) is 1. The quantitative estimate of drug-likeness (QED) is 0.880. The minimum Gasteiger partial charge on any atom is -0.497 e. The van der Waals surface area contributed by atoms with E-state index in [1.807, 2.05) is 18.2 Å². The molecule has 0 saturated heterocycles. The van der Waals surface area contributed by atoms with Gasteiger partial charge in [-0.2, -0.15) is 0 Å². The van der Waals surface area contributed by atoms with Crippen LogP contribution in [0.4, 0.5) is 0 Å². The van der Waals surface area contributed by atoms with E-state index in [0.29, 0.717) is 6.01 Å². The molecule has 1 heterocycles.